The van der Waals surface area contributed by atoms with Crippen LogP contribution in [0.15, 0.2) is 12.1 Å². The molecule has 0 saturated heterocycles. The molecule has 2 aromatic heterocycles. The van der Waals surface area contributed by atoms with E-state index in [1.807, 2.05) is 19.2 Å². The Labute approximate surface area is 87.9 Å². The highest BCUT2D eigenvalue weighted by atomic mass is 16.5. The number of hydrogen-bond donors (Lipinski definition) is 2. The first-order valence-corrected chi connectivity index (χ1v) is 4.87. The zero-order valence-corrected chi connectivity index (χ0v) is 8.87. The first-order valence-electron chi connectivity index (χ1n) is 4.87. The van der Waals surface area contributed by atoms with Crippen LogP contribution in [0.5, 0.6) is 5.88 Å². The van der Waals surface area contributed by atoms with Gasteiger partial charge in [-0.3, -0.25) is 0 Å². The van der Waals surface area contributed by atoms with Gasteiger partial charge in [0, 0.05) is 19.0 Å². The molecule has 0 fully saturated rings. The van der Waals surface area contributed by atoms with Crippen LogP contribution in [0.2, 0.25) is 0 Å². The smallest absolute Gasteiger partial charge is 0.215 e. The largest absolute Gasteiger partial charge is 0.481 e. The maximum absolute atomic E-state index is 5.04. The molecule has 0 bridgehead atoms. The normalized spacial score (nSPS) is 10.8. The number of nitrogens with zero attached hydrogens (tertiary/aromatic N) is 2. The van der Waals surface area contributed by atoms with Gasteiger partial charge in [-0.05, 0) is 13.1 Å². The lowest BCUT2D eigenvalue weighted by atomic mass is 10.4. The van der Waals surface area contributed by atoms with Crippen LogP contribution in [0.25, 0.3) is 11.2 Å². The third-order valence-electron chi connectivity index (χ3n) is 2.19. The second-order valence-corrected chi connectivity index (χ2v) is 3.26. The maximum atomic E-state index is 5.04. The van der Waals surface area contributed by atoms with Gasteiger partial charge in [0.1, 0.15) is 5.82 Å². The van der Waals surface area contributed by atoms with Crippen LogP contribution >= 0.6 is 0 Å². The van der Waals surface area contributed by atoms with Gasteiger partial charge >= 0.3 is 0 Å². The molecular formula is C10H14N4O. The minimum Gasteiger partial charge on any atom is -0.481 e. The van der Waals surface area contributed by atoms with Crippen LogP contribution in [0.4, 0.5) is 0 Å². The molecule has 0 unspecified atom stereocenters. The van der Waals surface area contributed by atoms with E-state index in [2.05, 4.69) is 20.3 Å². The highest BCUT2D eigenvalue weighted by molar-refractivity contribution is 5.71. The van der Waals surface area contributed by atoms with Crippen molar-refractivity contribution in [1.82, 2.24) is 20.3 Å². The SMILES string of the molecule is CNCCc1nc2nc(OC)ccc2[nH]1. The van der Waals surface area contributed by atoms with E-state index in [1.54, 1.807) is 7.11 Å². The summed E-state index contributed by atoms with van der Waals surface area (Å²) in [7, 11) is 3.52. The Morgan fingerprint density at radius 3 is 3.00 bits per heavy atom. The van der Waals surface area contributed by atoms with E-state index in [0.717, 1.165) is 24.3 Å². The van der Waals surface area contributed by atoms with Crippen LogP contribution < -0.4 is 10.1 Å². The molecule has 2 N–H and O–H groups in total. The van der Waals surface area contributed by atoms with Gasteiger partial charge in [0.25, 0.3) is 0 Å². The molecule has 2 aromatic rings. The molecule has 0 atom stereocenters. The molecule has 0 radical (unpaired) electrons. The minimum atomic E-state index is 0.592. The third kappa shape index (κ3) is 2.07. The molecule has 5 nitrogen and oxygen atoms in total. The third-order valence-corrected chi connectivity index (χ3v) is 2.19. The van der Waals surface area contributed by atoms with E-state index < -0.39 is 0 Å². The van der Waals surface area contributed by atoms with Gasteiger partial charge in [-0.2, -0.15) is 4.98 Å². The summed E-state index contributed by atoms with van der Waals surface area (Å²) in [6.07, 6.45) is 0.870. The van der Waals surface area contributed by atoms with Crippen molar-refractivity contribution in [3.63, 3.8) is 0 Å². The van der Waals surface area contributed by atoms with Gasteiger partial charge in [0.2, 0.25) is 5.88 Å². The van der Waals surface area contributed by atoms with E-state index >= 15 is 0 Å². The van der Waals surface area contributed by atoms with Crippen LogP contribution in [0.3, 0.4) is 0 Å². The van der Waals surface area contributed by atoms with Gasteiger partial charge in [-0.1, -0.05) is 0 Å². The first-order chi connectivity index (χ1) is 7.33. The summed E-state index contributed by atoms with van der Waals surface area (Å²) >= 11 is 0. The van der Waals surface area contributed by atoms with Crippen LogP contribution in [0, 0.1) is 0 Å². The van der Waals surface area contributed by atoms with Gasteiger partial charge in [-0.15, -0.1) is 0 Å². The molecular weight excluding hydrogens is 192 g/mol. The Balaban J connectivity index is 2.29. The molecule has 0 aliphatic rings. The fourth-order valence-corrected chi connectivity index (χ4v) is 1.40. The van der Waals surface area contributed by atoms with Crippen molar-refractivity contribution in [1.29, 1.82) is 0 Å². The number of fused-ring (bicyclic) bond motifs is 1. The van der Waals surface area contributed by atoms with E-state index in [0.29, 0.717) is 11.5 Å². The van der Waals surface area contributed by atoms with E-state index in [9.17, 15) is 0 Å². The minimum absolute atomic E-state index is 0.592. The number of methoxy groups -OCH3 is 1. The summed E-state index contributed by atoms with van der Waals surface area (Å²) in [6, 6.07) is 3.75. The molecule has 0 aliphatic heterocycles. The number of aromatic amines is 1. The Morgan fingerprint density at radius 1 is 1.40 bits per heavy atom. The molecule has 0 amide bonds. The number of rotatable bonds is 4. The quantitative estimate of drug-likeness (QED) is 0.774. The molecule has 0 aliphatic carbocycles. The molecule has 15 heavy (non-hydrogen) atoms. The number of ether oxygens (including phenoxy) is 1. The molecule has 2 heterocycles. The Kier molecular flexibility index (Phi) is 2.82. The average molecular weight is 206 g/mol. The molecule has 0 aromatic carbocycles. The molecule has 2 rings (SSSR count). The van der Waals surface area contributed by atoms with E-state index in [4.69, 9.17) is 4.74 Å². The van der Waals surface area contributed by atoms with Crippen LogP contribution in [0.1, 0.15) is 5.82 Å². The van der Waals surface area contributed by atoms with Crippen molar-refractivity contribution in [2.75, 3.05) is 20.7 Å². The lowest BCUT2D eigenvalue weighted by molar-refractivity contribution is 0.399. The lowest BCUT2D eigenvalue weighted by Crippen LogP contribution is -2.10. The van der Waals surface area contributed by atoms with Crippen molar-refractivity contribution in [2.45, 2.75) is 6.42 Å². The fraction of sp³-hybridized carbons (Fsp3) is 0.400. The summed E-state index contributed by atoms with van der Waals surface area (Å²) in [5, 5.41) is 3.08. The second kappa shape index (κ2) is 4.27. The van der Waals surface area contributed by atoms with Gasteiger partial charge in [0.15, 0.2) is 5.65 Å². The number of nitrogens with one attached hydrogen (secondary N) is 2. The fourth-order valence-electron chi connectivity index (χ4n) is 1.40. The summed E-state index contributed by atoms with van der Waals surface area (Å²) in [6.45, 7) is 0.900. The van der Waals surface area contributed by atoms with Crippen molar-refractivity contribution >= 4 is 11.2 Å². The monoisotopic (exact) mass is 206 g/mol. The number of likely N-dealkylation sites (N-methyl/N-ethyl adjacent to an activating group) is 1. The van der Waals surface area contributed by atoms with Gasteiger partial charge in [0.05, 0.1) is 12.6 Å². The summed E-state index contributed by atoms with van der Waals surface area (Å²) in [4.78, 5) is 11.8. The van der Waals surface area contributed by atoms with E-state index in [-0.39, 0.29) is 0 Å². The number of H-pyrrole nitrogens is 1. The summed E-state index contributed by atoms with van der Waals surface area (Å²) in [5.74, 6) is 1.54. The topological polar surface area (TPSA) is 62.8 Å². The second-order valence-electron chi connectivity index (χ2n) is 3.26. The van der Waals surface area contributed by atoms with Crippen molar-refractivity contribution < 1.29 is 4.74 Å². The standard InChI is InChI=1S/C10H14N4O/c1-11-6-5-8-12-7-3-4-9(15-2)14-10(7)13-8/h3-4,11H,5-6H2,1-2H3,(H,12,13,14). The first kappa shape index (κ1) is 9.92. The molecule has 0 spiro atoms. The number of pyridine rings is 1. The van der Waals surface area contributed by atoms with Crippen LogP contribution in [-0.2, 0) is 6.42 Å². The number of aromatic nitrogens is 3. The molecule has 5 heteroatoms. The summed E-state index contributed by atoms with van der Waals surface area (Å²) in [5.41, 5.74) is 1.65. The zero-order valence-electron chi connectivity index (χ0n) is 8.87. The van der Waals surface area contributed by atoms with Crippen molar-refractivity contribution in [3.05, 3.63) is 18.0 Å². The molecule has 0 saturated carbocycles. The molecule has 80 valence electrons. The Hall–Kier alpha value is -1.62. The average Bonchev–Trinajstić information content (AvgIpc) is 2.67. The van der Waals surface area contributed by atoms with Crippen LogP contribution in [-0.4, -0.2) is 35.7 Å². The van der Waals surface area contributed by atoms with E-state index in [1.165, 1.54) is 0 Å². The highest BCUT2D eigenvalue weighted by Gasteiger charge is 2.04. The summed E-state index contributed by atoms with van der Waals surface area (Å²) < 4.78 is 5.04. The highest BCUT2D eigenvalue weighted by Crippen LogP contribution is 2.13. The predicted octanol–water partition coefficient (Wildman–Crippen LogP) is 0.728. The Morgan fingerprint density at radius 2 is 2.27 bits per heavy atom. The Bertz CT molecular complexity index is 452. The van der Waals surface area contributed by atoms with Crippen molar-refractivity contribution in [3.8, 4) is 5.88 Å². The zero-order chi connectivity index (χ0) is 10.7. The number of hydrogen-bond acceptors (Lipinski definition) is 4. The lowest BCUT2D eigenvalue weighted by Gasteiger charge is -1.95. The predicted molar refractivity (Wildman–Crippen MR) is 58.1 cm³/mol. The maximum Gasteiger partial charge on any atom is 0.215 e. The van der Waals surface area contributed by atoms with Crippen molar-refractivity contribution in [2.24, 2.45) is 0 Å². The number of imidazole rings is 1. The van der Waals surface area contributed by atoms with Gasteiger partial charge in [-0.25, -0.2) is 4.98 Å². The van der Waals surface area contributed by atoms with Gasteiger partial charge < -0.3 is 15.0 Å².